The van der Waals surface area contributed by atoms with Gasteiger partial charge >= 0.3 is 12.1 Å². The number of hydrogen-bond acceptors (Lipinski definition) is 5. The lowest BCUT2D eigenvalue weighted by Crippen LogP contribution is -2.32. The number of hydrogen-bond donors (Lipinski definition) is 1. The molecule has 1 N–H and O–H groups in total. The van der Waals surface area contributed by atoms with Crippen molar-refractivity contribution in [2.75, 3.05) is 6.54 Å². The summed E-state index contributed by atoms with van der Waals surface area (Å²) in [4.78, 5) is 36.1. The van der Waals surface area contributed by atoms with E-state index in [0.29, 0.717) is 0 Å². The van der Waals surface area contributed by atoms with Crippen LogP contribution in [0.2, 0.25) is 0 Å². The van der Waals surface area contributed by atoms with Gasteiger partial charge in [-0.15, -0.1) is 0 Å². The first kappa shape index (κ1) is 23.7. The molecule has 3 aromatic rings. The predicted molar refractivity (Wildman–Crippen MR) is 125 cm³/mol. The number of carbonyl (C=O) groups is 3. The highest BCUT2D eigenvalue weighted by atomic mass is 16.6. The third kappa shape index (κ3) is 7.92. The van der Waals surface area contributed by atoms with Crippen LogP contribution in [-0.2, 0) is 32.1 Å². The van der Waals surface area contributed by atoms with Crippen molar-refractivity contribution in [2.24, 2.45) is 0 Å². The van der Waals surface area contributed by atoms with Gasteiger partial charge in [0.25, 0.3) is 0 Å². The summed E-state index contributed by atoms with van der Waals surface area (Å²) in [5, 5.41) is 2.58. The highest BCUT2D eigenvalue weighted by Crippen LogP contribution is 2.19. The molecule has 0 bridgehead atoms. The van der Waals surface area contributed by atoms with E-state index in [0.717, 1.165) is 22.3 Å². The van der Waals surface area contributed by atoms with E-state index in [9.17, 15) is 14.4 Å². The second kappa shape index (κ2) is 12.2. The second-order valence-corrected chi connectivity index (χ2v) is 7.61. The number of nitrogens with one attached hydrogen (secondary N) is 1. The molecule has 0 unspecified atom stereocenters. The number of Topliss-reactive ketones (excluding diaryl/α,β-unsaturated/α-hetero) is 1. The van der Waals surface area contributed by atoms with Crippen LogP contribution in [0.1, 0.15) is 24.5 Å². The summed E-state index contributed by atoms with van der Waals surface area (Å²) in [5.74, 6) is -0.767. The van der Waals surface area contributed by atoms with Gasteiger partial charge in [0.05, 0.1) is 6.42 Å². The lowest BCUT2D eigenvalue weighted by Gasteiger charge is -2.16. The van der Waals surface area contributed by atoms with Gasteiger partial charge in [0.1, 0.15) is 6.61 Å². The third-order valence-corrected chi connectivity index (χ3v) is 5.03. The Labute approximate surface area is 193 Å². The average molecular weight is 446 g/mol. The Balaban J connectivity index is 1.42. The second-order valence-electron chi connectivity index (χ2n) is 7.61. The van der Waals surface area contributed by atoms with Crippen molar-refractivity contribution >= 4 is 17.8 Å². The summed E-state index contributed by atoms with van der Waals surface area (Å²) in [6, 6.07) is 26.9. The first-order valence-corrected chi connectivity index (χ1v) is 10.8. The van der Waals surface area contributed by atoms with E-state index < -0.39 is 18.2 Å². The zero-order valence-electron chi connectivity index (χ0n) is 18.5. The van der Waals surface area contributed by atoms with Crippen molar-refractivity contribution in [1.82, 2.24) is 5.32 Å². The molecule has 0 aliphatic heterocycles. The fourth-order valence-electron chi connectivity index (χ4n) is 3.24. The Kier molecular flexibility index (Phi) is 8.77. The lowest BCUT2D eigenvalue weighted by atomic mass is 10.0. The first-order chi connectivity index (χ1) is 16.0. The SMILES string of the molecule is CC(=O)[C@H](CCNC(=O)OCc1ccccc1)OC(=O)Cc1ccc(-c2ccccc2)cc1. The van der Waals surface area contributed by atoms with Crippen LogP contribution in [-0.4, -0.2) is 30.5 Å². The normalized spacial score (nSPS) is 11.3. The maximum absolute atomic E-state index is 12.4. The Bertz CT molecular complexity index is 1050. The molecule has 0 radical (unpaired) electrons. The highest BCUT2D eigenvalue weighted by molar-refractivity contribution is 5.84. The van der Waals surface area contributed by atoms with Gasteiger partial charge in [0, 0.05) is 13.0 Å². The van der Waals surface area contributed by atoms with E-state index in [1.807, 2.05) is 84.9 Å². The van der Waals surface area contributed by atoms with Gasteiger partial charge in [-0.05, 0) is 29.2 Å². The number of amides is 1. The molecule has 1 atom stereocenters. The number of rotatable bonds is 10. The van der Waals surface area contributed by atoms with E-state index in [1.54, 1.807) is 0 Å². The van der Waals surface area contributed by atoms with Crippen LogP contribution in [0.4, 0.5) is 4.79 Å². The Morgan fingerprint density at radius 2 is 1.39 bits per heavy atom. The van der Waals surface area contributed by atoms with Gasteiger partial charge in [0.2, 0.25) is 0 Å². The smallest absolute Gasteiger partial charge is 0.407 e. The fourth-order valence-corrected chi connectivity index (χ4v) is 3.24. The van der Waals surface area contributed by atoms with Gasteiger partial charge < -0.3 is 14.8 Å². The number of esters is 1. The minimum absolute atomic E-state index is 0.0609. The fraction of sp³-hybridized carbons (Fsp3) is 0.222. The van der Waals surface area contributed by atoms with Crippen LogP contribution in [0.15, 0.2) is 84.9 Å². The maximum Gasteiger partial charge on any atom is 0.407 e. The molecule has 0 heterocycles. The Morgan fingerprint density at radius 3 is 2.03 bits per heavy atom. The number of ether oxygens (including phenoxy) is 2. The number of ketones is 1. The summed E-state index contributed by atoms with van der Waals surface area (Å²) in [6.45, 7) is 1.66. The molecule has 0 fully saturated rings. The van der Waals surface area contributed by atoms with E-state index in [1.165, 1.54) is 6.92 Å². The molecule has 0 aliphatic rings. The van der Waals surface area contributed by atoms with Gasteiger partial charge in [-0.25, -0.2) is 4.79 Å². The van der Waals surface area contributed by atoms with E-state index in [2.05, 4.69) is 5.32 Å². The van der Waals surface area contributed by atoms with Crippen LogP contribution in [0.3, 0.4) is 0 Å². The van der Waals surface area contributed by atoms with Crippen LogP contribution >= 0.6 is 0 Å². The number of benzene rings is 3. The van der Waals surface area contributed by atoms with Crippen LogP contribution in [0, 0.1) is 0 Å². The Hall–Kier alpha value is -3.93. The van der Waals surface area contributed by atoms with E-state index >= 15 is 0 Å². The largest absolute Gasteiger partial charge is 0.454 e. The first-order valence-electron chi connectivity index (χ1n) is 10.8. The summed E-state index contributed by atoms with van der Waals surface area (Å²) in [6.07, 6.45) is -1.28. The molecule has 6 nitrogen and oxygen atoms in total. The van der Waals surface area contributed by atoms with Crippen LogP contribution < -0.4 is 5.32 Å². The van der Waals surface area contributed by atoms with E-state index in [4.69, 9.17) is 9.47 Å². The van der Waals surface area contributed by atoms with Gasteiger partial charge in [-0.1, -0.05) is 84.9 Å². The molecule has 170 valence electrons. The molecule has 3 rings (SSSR count). The zero-order chi connectivity index (χ0) is 23.5. The molecule has 0 saturated carbocycles. The molecular formula is C27H27NO5. The minimum Gasteiger partial charge on any atom is -0.454 e. The van der Waals surface area contributed by atoms with E-state index in [-0.39, 0.29) is 31.8 Å². The van der Waals surface area contributed by atoms with Crippen molar-refractivity contribution in [1.29, 1.82) is 0 Å². The molecule has 1 amide bonds. The quantitative estimate of drug-likeness (QED) is 0.457. The molecule has 6 heteroatoms. The zero-order valence-corrected chi connectivity index (χ0v) is 18.5. The van der Waals surface area contributed by atoms with Gasteiger partial charge in [0.15, 0.2) is 11.9 Å². The average Bonchev–Trinajstić information content (AvgIpc) is 2.83. The van der Waals surface area contributed by atoms with Crippen molar-refractivity contribution in [2.45, 2.75) is 32.5 Å². The molecule has 0 spiro atoms. The summed E-state index contributed by atoms with van der Waals surface area (Å²) in [7, 11) is 0. The van der Waals surface area contributed by atoms with Gasteiger partial charge in [-0.2, -0.15) is 0 Å². The molecular weight excluding hydrogens is 418 g/mol. The van der Waals surface area contributed by atoms with Crippen molar-refractivity contribution in [3.63, 3.8) is 0 Å². The number of carbonyl (C=O) groups excluding carboxylic acids is 3. The molecule has 33 heavy (non-hydrogen) atoms. The van der Waals surface area contributed by atoms with Crippen LogP contribution in [0.5, 0.6) is 0 Å². The molecule has 0 saturated heterocycles. The minimum atomic E-state index is -0.921. The Morgan fingerprint density at radius 1 is 0.788 bits per heavy atom. The summed E-state index contributed by atoms with van der Waals surface area (Å²) < 4.78 is 10.5. The maximum atomic E-state index is 12.4. The van der Waals surface area contributed by atoms with Crippen LogP contribution in [0.25, 0.3) is 11.1 Å². The predicted octanol–water partition coefficient (Wildman–Crippen LogP) is 4.71. The van der Waals surface area contributed by atoms with Crippen molar-refractivity contribution in [3.8, 4) is 11.1 Å². The van der Waals surface area contributed by atoms with Crippen molar-refractivity contribution in [3.05, 3.63) is 96.1 Å². The topological polar surface area (TPSA) is 81.7 Å². The monoisotopic (exact) mass is 445 g/mol. The van der Waals surface area contributed by atoms with Crippen molar-refractivity contribution < 1.29 is 23.9 Å². The molecule has 3 aromatic carbocycles. The number of alkyl carbamates (subject to hydrolysis) is 1. The summed E-state index contributed by atoms with van der Waals surface area (Å²) >= 11 is 0. The lowest BCUT2D eigenvalue weighted by molar-refractivity contribution is -0.154. The highest BCUT2D eigenvalue weighted by Gasteiger charge is 2.20. The summed E-state index contributed by atoms with van der Waals surface area (Å²) in [5.41, 5.74) is 3.82. The molecule has 0 aliphatic carbocycles. The standard InChI is InChI=1S/C27H27NO5/c1-20(29)25(16-17-28-27(31)32-19-22-8-4-2-5-9-22)33-26(30)18-21-12-14-24(15-13-21)23-10-6-3-7-11-23/h2-15,25H,16-19H2,1H3,(H,28,31)/t25-/m0/s1. The third-order valence-electron chi connectivity index (χ3n) is 5.03. The van der Waals surface area contributed by atoms with Gasteiger partial charge in [-0.3, -0.25) is 9.59 Å². The molecule has 0 aromatic heterocycles.